The Morgan fingerprint density at radius 1 is 1.43 bits per heavy atom. The number of aliphatic carboxylic acids is 1. The number of halogens is 1. The maximum absolute atomic E-state index is 12.4. The Balaban J connectivity index is 2.53. The zero-order valence-electron chi connectivity index (χ0n) is 7.61. The molecule has 1 aromatic carbocycles. The number of benzene rings is 1. The van der Waals surface area contributed by atoms with Crippen molar-refractivity contribution >= 4 is 11.7 Å². The molecule has 0 aliphatic carbocycles. The highest BCUT2D eigenvalue weighted by Gasteiger charge is 2.11. The molecule has 0 bridgehead atoms. The van der Waals surface area contributed by atoms with Gasteiger partial charge in [-0.1, -0.05) is 18.2 Å². The fourth-order valence-corrected chi connectivity index (χ4v) is 1.13. The first-order valence-electron chi connectivity index (χ1n) is 4.31. The van der Waals surface area contributed by atoms with Gasteiger partial charge in [-0.05, 0) is 12.1 Å². The minimum Gasteiger partial charge on any atom is -0.481 e. The van der Waals surface area contributed by atoms with Crippen molar-refractivity contribution in [3.05, 3.63) is 30.3 Å². The van der Waals surface area contributed by atoms with Crippen LogP contribution in [0.15, 0.2) is 30.3 Å². The summed E-state index contributed by atoms with van der Waals surface area (Å²) in [6.07, 6.45) is -0.217. The Morgan fingerprint density at radius 3 is 2.57 bits per heavy atom. The van der Waals surface area contributed by atoms with Crippen molar-refractivity contribution < 1.29 is 14.3 Å². The van der Waals surface area contributed by atoms with Crippen molar-refractivity contribution in [2.24, 2.45) is 0 Å². The van der Waals surface area contributed by atoms with Gasteiger partial charge in [-0.3, -0.25) is 4.79 Å². The number of hydrogen-bond acceptors (Lipinski definition) is 2. The van der Waals surface area contributed by atoms with Crippen molar-refractivity contribution in [1.82, 2.24) is 0 Å². The summed E-state index contributed by atoms with van der Waals surface area (Å²) in [6.45, 7) is -0.693. The van der Waals surface area contributed by atoms with Gasteiger partial charge >= 0.3 is 5.97 Å². The van der Waals surface area contributed by atoms with E-state index in [1.54, 1.807) is 24.3 Å². The quantitative estimate of drug-likeness (QED) is 0.758. The summed E-state index contributed by atoms with van der Waals surface area (Å²) in [5, 5.41) is 11.3. The lowest BCUT2D eigenvalue weighted by Crippen LogP contribution is -2.25. The van der Waals surface area contributed by atoms with Gasteiger partial charge < -0.3 is 10.4 Å². The highest BCUT2D eigenvalue weighted by atomic mass is 19.1. The predicted molar refractivity (Wildman–Crippen MR) is 52.1 cm³/mol. The number of para-hydroxylation sites is 1. The van der Waals surface area contributed by atoms with Crippen LogP contribution in [0.25, 0.3) is 0 Å². The van der Waals surface area contributed by atoms with Crippen LogP contribution in [0.3, 0.4) is 0 Å². The largest absolute Gasteiger partial charge is 0.481 e. The van der Waals surface area contributed by atoms with Crippen molar-refractivity contribution in [3.63, 3.8) is 0 Å². The monoisotopic (exact) mass is 197 g/mol. The van der Waals surface area contributed by atoms with E-state index in [-0.39, 0.29) is 6.42 Å². The molecule has 0 aromatic heterocycles. The molecule has 14 heavy (non-hydrogen) atoms. The number of hydrogen-bond donors (Lipinski definition) is 2. The third-order valence-electron chi connectivity index (χ3n) is 1.75. The summed E-state index contributed by atoms with van der Waals surface area (Å²) < 4.78 is 12.4. The average molecular weight is 197 g/mol. The van der Waals surface area contributed by atoms with Crippen molar-refractivity contribution in [3.8, 4) is 0 Å². The zero-order chi connectivity index (χ0) is 10.4. The first kappa shape index (κ1) is 10.5. The molecule has 0 aliphatic rings. The van der Waals surface area contributed by atoms with Crippen LogP contribution in [0.1, 0.15) is 6.42 Å². The fourth-order valence-electron chi connectivity index (χ4n) is 1.13. The first-order chi connectivity index (χ1) is 6.72. The van der Waals surface area contributed by atoms with Gasteiger partial charge in [0.05, 0.1) is 12.5 Å². The van der Waals surface area contributed by atoms with Crippen molar-refractivity contribution in [2.45, 2.75) is 12.5 Å². The second-order valence-electron chi connectivity index (χ2n) is 2.96. The normalized spacial score (nSPS) is 12.1. The van der Waals surface area contributed by atoms with Gasteiger partial charge in [-0.25, -0.2) is 4.39 Å². The molecule has 0 saturated carbocycles. The molecule has 0 fully saturated rings. The molecule has 2 N–H and O–H groups in total. The number of carbonyl (C=O) groups is 1. The van der Waals surface area contributed by atoms with E-state index in [0.29, 0.717) is 0 Å². The Hall–Kier alpha value is -1.58. The molecule has 3 nitrogen and oxygen atoms in total. The number of carboxylic acid groups (broad SMARTS) is 1. The Kier molecular flexibility index (Phi) is 3.91. The van der Waals surface area contributed by atoms with E-state index < -0.39 is 18.7 Å². The number of nitrogens with one attached hydrogen (secondary N) is 1. The second-order valence-corrected chi connectivity index (χ2v) is 2.96. The van der Waals surface area contributed by atoms with E-state index in [0.717, 1.165) is 5.69 Å². The Bertz CT molecular complexity index is 289. The van der Waals surface area contributed by atoms with Gasteiger partial charge in [-0.15, -0.1) is 0 Å². The van der Waals surface area contributed by atoms with Gasteiger partial charge in [0.2, 0.25) is 0 Å². The minimum atomic E-state index is -1.00. The second kappa shape index (κ2) is 5.21. The predicted octanol–water partition coefficient (Wildman–Crippen LogP) is 1.91. The van der Waals surface area contributed by atoms with Gasteiger partial charge in [0.1, 0.15) is 6.67 Å². The molecule has 76 valence electrons. The van der Waals surface area contributed by atoms with E-state index in [4.69, 9.17) is 5.11 Å². The number of rotatable bonds is 5. The minimum absolute atomic E-state index is 0.217. The molecule has 1 rings (SSSR count). The van der Waals surface area contributed by atoms with Gasteiger partial charge in [0, 0.05) is 5.69 Å². The third kappa shape index (κ3) is 3.43. The highest BCUT2D eigenvalue weighted by molar-refractivity contribution is 5.68. The summed E-state index contributed by atoms with van der Waals surface area (Å²) in [7, 11) is 0. The molecular formula is C10H12FNO2. The molecule has 0 saturated heterocycles. The SMILES string of the molecule is O=C(O)CC(CF)Nc1ccccc1. The zero-order valence-corrected chi connectivity index (χ0v) is 7.61. The molecule has 0 aliphatic heterocycles. The molecule has 1 unspecified atom stereocenters. The lowest BCUT2D eigenvalue weighted by molar-refractivity contribution is -0.137. The van der Waals surface area contributed by atoms with Crippen LogP contribution >= 0.6 is 0 Å². The Morgan fingerprint density at radius 2 is 2.07 bits per heavy atom. The summed E-state index contributed by atoms with van der Waals surface area (Å²) in [4.78, 5) is 10.4. The molecule has 0 radical (unpaired) electrons. The maximum Gasteiger partial charge on any atom is 0.305 e. The Labute approximate surface area is 81.6 Å². The average Bonchev–Trinajstić information content (AvgIpc) is 2.17. The molecule has 0 heterocycles. The first-order valence-corrected chi connectivity index (χ1v) is 4.31. The fraction of sp³-hybridized carbons (Fsp3) is 0.300. The van der Waals surface area contributed by atoms with Gasteiger partial charge in [0.25, 0.3) is 0 Å². The van der Waals surface area contributed by atoms with E-state index in [9.17, 15) is 9.18 Å². The van der Waals surface area contributed by atoms with Crippen LogP contribution in [0.2, 0.25) is 0 Å². The molecule has 0 amide bonds. The highest BCUT2D eigenvalue weighted by Crippen LogP contribution is 2.09. The third-order valence-corrected chi connectivity index (χ3v) is 1.75. The van der Waals surface area contributed by atoms with Crippen molar-refractivity contribution in [2.75, 3.05) is 12.0 Å². The summed E-state index contributed by atoms with van der Waals surface area (Å²) in [6, 6.07) is 8.33. The topological polar surface area (TPSA) is 49.3 Å². The lowest BCUT2D eigenvalue weighted by Gasteiger charge is -2.14. The summed E-state index contributed by atoms with van der Waals surface area (Å²) in [5.74, 6) is -1.00. The van der Waals surface area contributed by atoms with Crippen LogP contribution in [-0.2, 0) is 4.79 Å². The summed E-state index contributed by atoms with van der Waals surface area (Å²) >= 11 is 0. The van der Waals surface area contributed by atoms with Crippen molar-refractivity contribution in [1.29, 1.82) is 0 Å². The van der Waals surface area contributed by atoms with Gasteiger partial charge in [0.15, 0.2) is 0 Å². The number of alkyl halides is 1. The van der Waals surface area contributed by atoms with E-state index in [2.05, 4.69) is 5.32 Å². The van der Waals surface area contributed by atoms with E-state index in [1.165, 1.54) is 0 Å². The molecule has 1 atom stereocenters. The van der Waals surface area contributed by atoms with E-state index in [1.807, 2.05) is 6.07 Å². The van der Waals surface area contributed by atoms with E-state index >= 15 is 0 Å². The molecule has 1 aromatic rings. The smallest absolute Gasteiger partial charge is 0.305 e. The maximum atomic E-state index is 12.4. The lowest BCUT2D eigenvalue weighted by atomic mass is 10.2. The van der Waals surface area contributed by atoms with Crippen LogP contribution in [0.4, 0.5) is 10.1 Å². The van der Waals surface area contributed by atoms with Crippen LogP contribution in [0.5, 0.6) is 0 Å². The van der Waals surface area contributed by atoms with Crippen LogP contribution < -0.4 is 5.32 Å². The standard InChI is InChI=1S/C10H12FNO2/c11-7-9(6-10(13)14)12-8-4-2-1-3-5-8/h1-5,9,12H,6-7H2,(H,13,14). The van der Waals surface area contributed by atoms with Gasteiger partial charge in [-0.2, -0.15) is 0 Å². The van der Waals surface area contributed by atoms with Crippen LogP contribution in [-0.4, -0.2) is 23.8 Å². The number of anilines is 1. The summed E-state index contributed by atoms with van der Waals surface area (Å²) in [5.41, 5.74) is 0.733. The molecule has 0 spiro atoms. The molecular weight excluding hydrogens is 185 g/mol. The van der Waals surface area contributed by atoms with Crippen LogP contribution in [0, 0.1) is 0 Å². The molecule has 4 heteroatoms. The number of carboxylic acids is 1.